The number of cyclic esters (lactones) is 2. The zero-order valence-corrected chi connectivity index (χ0v) is 19.8. The van der Waals surface area contributed by atoms with Gasteiger partial charge in [-0.15, -0.1) is 0 Å². The van der Waals surface area contributed by atoms with E-state index in [2.05, 4.69) is 20.8 Å². The maximum Gasteiger partial charge on any atom is 0.339 e. The fraction of sp³-hybridized carbons (Fsp3) is 0.692. The molecule has 0 unspecified atom stereocenters. The molecule has 33 heavy (non-hydrogen) atoms. The first-order chi connectivity index (χ1) is 15.4. The summed E-state index contributed by atoms with van der Waals surface area (Å²) in [6, 6.07) is 1.84. The minimum atomic E-state index is -0.858. The van der Waals surface area contributed by atoms with Gasteiger partial charge in [-0.05, 0) is 50.5 Å². The fourth-order valence-electron chi connectivity index (χ4n) is 8.79. The van der Waals surface area contributed by atoms with E-state index in [9.17, 15) is 14.7 Å². The summed E-state index contributed by atoms with van der Waals surface area (Å²) >= 11 is 0. The second-order valence-electron chi connectivity index (χ2n) is 11.9. The molecule has 0 bridgehead atoms. The summed E-state index contributed by atoms with van der Waals surface area (Å²) in [7, 11) is 0. The number of furan rings is 1. The van der Waals surface area contributed by atoms with Crippen LogP contribution in [-0.4, -0.2) is 40.5 Å². The van der Waals surface area contributed by atoms with Crippen molar-refractivity contribution in [1.29, 1.82) is 0 Å². The van der Waals surface area contributed by atoms with Crippen LogP contribution in [0.2, 0.25) is 0 Å². The van der Waals surface area contributed by atoms with Crippen molar-refractivity contribution in [3.8, 4) is 0 Å². The minimum Gasteiger partial charge on any atom is -0.472 e. The Morgan fingerprint density at radius 1 is 1.06 bits per heavy atom. The number of carbonyl (C=O) groups is 2. The molecule has 2 aliphatic carbocycles. The van der Waals surface area contributed by atoms with E-state index in [-0.39, 0.29) is 23.8 Å². The molecular weight excluding hydrogens is 424 g/mol. The lowest BCUT2D eigenvalue weighted by Gasteiger charge is -2.67. The van der Waals surface area contributed by atoms with Crippen molar-refractivity contribution >= 4 is 11.9 Å². The molecule has 3 aliphatic heterocycles. The molecule has 2 saturated carbocycles. The number of carbonyl (C=O) groups excluding carboxylic acids is 2. The smallest absolute Gasteiger partial charge is 0.339 e. The molecule has 0 amide bonds. The van der Waals surface area contributed by atoms with Crippen molar-refractivity contribution < 1.29 is 33.3 Å². The highest BCUT2D eigenvalue weighted by atomic mass is 16.7. The van der Waals surface area contributed by atoms with Gasteiger partial charge in [0, 0.05) is 28.4 Å². The Bertz CT molecular complexity index is 1060. The number of rotatable bonds is 1. The first-order valence-electron chi connectivity index (χ1n) is 11.9. The molecule has 2 saturated heterocycles. The van der Waals surface area contributed by atoms with E-state index in [0.29, 0.717) is 6.42 Å². The average Bonchev–Trinajstić information content (AvgIpc) is 3.33. The van der Waals surface area contributed by atoms with Gasteiger partial charge in [0.15, 0.2) is 6.10 Å². The number of hydrogen-bond donors (Lipinski definition) is 1. The molecule has 1 spiro atoms. The summed E-state index contributed by atoms with van der Waals surface area (Å²) in [6.45, 7) is 10.3. The Hall–Kier alpha value is -2.12. The number of esters is 2. The quantitative estimate of drug-likeness (QED) is 0.508. The largest absolute Gasteiger partial charge is 0.472 e. The van der Waals surface area contributed by atoms with Crippen molar-refractivity contribution in [1.82, 2.24) is 0 Å². The normalized spacial score (nSPS) is 51.8. The molecule has 9 atom stereocenters. The number of aliphatic hydroxyl groups excluding tert-OH is 1. The number of epoxide rings is 1. The molecule has 0 aromatic carbocycles. The Kier molecular flexibility index (Phi) is 3.96. The van der Waals surface area contributed by atoms with E-state index in [1.165, 1.54) is 0 Å². The number of ether oxygens (including phenoxy) is 3. The van der Waals surface area contributed by atoms with E-state index >= 15 is 0 Å². The van der Waals surface area contributed by atoms with Gasteiger partial charge in [-0.2, -0.15) is 0 Å². The lowest BCUT2D eigenvalue weighted by atomic mass is 9.37. The summed E-state index contributed by atoms with van der Waals surface area (Å²) in [5, 5.41) is 11.8. The second kappa shape index (κ2) is 6.11. The van der Waals surface area contributed by atoms with Crippen molar-refractivity contribution in [2.45, 2.75) is 83.4 Å². The van der Waals surface area contributed by atoms with Gasteiger partial charge in [0.1, 0.15) is 17.3 Å². The van der Waals surface area contributed by atoms with Crippen molar-refractivity contribution in [2.24, 2.45) is 28.1 Å². The van der Waals surface area contributed by atoms with Crippen molar-refractivity contribution in [3.63, 3.8) is 0 Å². The predicted octanol–water partition coefficient (Wildman–Crippen LogP) is 3.72. The maximum atomic E-state index is 13.1. The van der Waals surface area contributed by atoms with Crippen molar-refractivity contribution in [2.75, 3.05) is 0 Å². The van der Waals surface area contributed by atoms with Crippen molar-refractivity contribution in [3.05, 3.63) is 36.3 Å². The van der Waals surface area contributed by atoms with Crippen LogP contribution in [0.5, 0.6) is 0 Å². The lowest BCUT2D eigenvalue weighted by molar-refractivity contribution is -0.252. The Balaban J connectivity index is 1.52. The predicted molar refractivity (Wildman–Crippen MR) is 116 cm³/mol. The average molecular weight is 457 g/mol. The Morgan fingerprint density at radius 2 is 1.82 bits per heavy atom. The third-order valence-corrected chi connectivity index (χ3v) is 10.2. The van der Waals surface area contributed by atoms with Crippen LogP contribution in [0.4, 0.5) is 0 Å². The van der Waals surface area contributed by atoms with Gasteiger partial charge in [-0.1, -0.05) is 26.8 Å². The number of allylic oxidation sites excluding steroid dienone is 1. The van der Waals surface area contributed by atoms with E-state index < -0.39 is 45.8 Å². The molecule has 7 nitrogen and oxygen atoms in total. The molecule has 1 aromatic heterocycles. The van der Waals surface area contributed by atoms with Gasteiger partial charge in [0.05, 0.1) is 18.6 Å². The molecule has 0 radical (unpaired) electrons. The highest BCUT2D eigenvalue weighted by Crippen LogP contribution is 2.79. The molecule has 5 aliphatic rings. The van der Waals surface area contributed by atoms with E-state index in [4.69, 9.17) is 18.6 Å². The molecule has 4 heterocycles. The monoisotopic (exact) mass is 456 g/mol. The molecule has 1 aromatic rings. The topological polar surface area (TPSA) is 98.5 Å². The highest BCUT2D eigenvalue weighted by Gasteiger charge is 2.87. The lowest BCUT2D eigenvalue weighted by Crippen LogP contribution is -2.72. The van der Waals surface area contributed by atoms with E-state index in [1.807, 2.05) is 26.0 Å². The third kappa shape index (κ3) is 2.28. The van der Waals surface area contributed by atoms with E-state index in [1.54, 1.807) is 18.6 Å². The van der Waals surface area contributed by atoms with Gasteiger partial charge in [0.2, 0.25) is 0 Å². The summed E-state index contributed by atoms with van der Waals surface area (Å²) in [4.78, 5) is 25.5. The first kappa shape index (κ1) is 21.4. The van der Waals surface area contributed by atoms with Crippen LogP contribution < -0.4 is 0 Å². The standard InChI is InChI=1S/C26H32O7/c1-22(2)16-12-17(27)25(5)15(23(16,3)9-7-18(28)32-22)6-10-24(4)19(14-8-11-30-13-14)31-21(29)20-26(24,25)33-20/h7-9,11,13,15-17,19-20,27H,6,10,12H2,1-5H3/t15-,16+,17+,19-,20-,23-,24+,25+,26-/m1/s1. The van der Waals surface area contributed by atoms with Crippen LogP contribution in [0, 0.1) is 28.1 Å². The zero-order valence-electron chi connectivity index (χ0n) is 19.8. The number of hydrogen-bond acceptors (Lipinski definition) is 7. The van der Waals surface area contributed by atoms with Crippen LogP contribution >= 0.6 is 0 Å². The van der Waals surface area contributed by atoms with Crippen LogP contribution in [0.1, 0.15) is 65.5 Å². The van der Waals surface area contributed by atoms with Gasteiger partial charge >= 0.3 is 11.9 Å². The number of aliphatic hydroxyl groups is 1. The maximum absolute atomic E-state index is 13.1. The molecular formula is C26H32O7. The SMILES string of the molecule is CC1(C)OC(=O)C=C[C@]2(C)[C@H]3CC[C@@]4(C)[C@@H](c5ccoc5)OC(=O)[C@H]5O[C@]54[C@]3(C)[C@@H](O)C[C@@H]12. The van der Waals surface area contributed by atoms with Crippen LogP contribution in [0.15, 0.2) is 35.2 Å². The van der Waals surface area contributed by atoms with Gasteiger partial charge in [-0.3, -0.25) is 0 Å². The van der Waals surface area contributed by atoms with Crippen LogP contribution in [-0.2, 0) is 23.8 Å². The molecule has 1 N–H and O–H groups in total. The van der Waals surface area contributed by atoms with Crippen LogP contribution in [0.25, 0.3) is 0 Å². The highest BCUT2D eigenvalue weighted by molar-refractivity contribution is 5.83. The zero-order chi connectivity index (χ0) is 23.6. The van der Waals surface area contributed by atoms with E-state index in [0.717, 1.165) is 18.4 Å². The van der Waals surface area contributed by atoms with Gasteiger partial charge in [-0.25, -0.2) is 9.59 Å². The van der Waals surface area contributed by atoms with Crippen LogP contribution in [0.3, 0.4) is 0 Å². The first-order valence-corrected chi connectivity index (χ1v) is 11.9. The summed E-state index contributed by atoms with van der Waals surface area (Å²) < 4.78 is 23.4. The molecule has 7 heteroatoms. The van der Waals surface area contributed by atoms with Gasteiger partial charge < -0.3 is 23.7 Å². The van der Waals surface area contributed by atoms with Gasteiger partial charge in [0.25, 0.3) is 0 Å². The number of fused-ring (bicyclic) bond motifs is 3. The third-order valence-electron chi connectivity index (χ3n) is 10.2. The second-order valence-corrected chi connectivity index (χ2v) is 11.9. The molecule has 6 rings (SSSR count). The Labute approximate surface area is 193 Å². The Morgan fingerprint density at radius 3 is 2.52 bits per heavy atom. The fourth-order valence-corrected chi connectivity index (χ4v) is 8.79. The molecule has 4 fully saturated rings. The molecule has 178 valence electrons. The summed E-state index contributed by atoms with van der Waals surface area (Å²) in [6.07, 6.45) is 6.82. The summed E-state index contributed by atoms with van der Waals surface area (Å²) in [5.41, 5.74) is -2.44. The minimum absolute atomic E-state index is 0.0160. The summed E-state index contributed by atoms with van der Waals surface area (Å²) in [5.74, 6) is -0.820.